The zero-order valence-corrected chi connectivity index (χ0v) is 17.5. The maximum absolute atomic E-state index is 12.8. The van der Waals surface area contributed by atoms with Gasteiger partial charge in [0.2, 0.25) is 5.91 Å². The number of methoxy groups -OCH3 is 2. The van der Waals surface area contributed by atoms with Crippen LogP contribution in [-0.4, -0.2) is 43.9 Å². The third kappa shape index (κ3) is 4.91. The van der Waals surface area contributed by atoms with Gasteiger partial charge in [0.15, 0.2) is 17.3 Å². The molecule has 0 heterocycles. The van der Waals surface area contributed by atoms with Gasteiger partial charge in [0.05, 0.1) is 20.3 Å². The highest BCUT2D eigenvalue weighted by atomic mass is 16.5. The number of amides is 1. The van der Waals surface area contributed by atoms with Crippen molar-refractivity contribution >= 4 is 11.7 Å². The molecule has 1 atom stereocenters. The molecule has 1 amide bonds. The molecule has 0 saturated carbocycles. The van der Waals surface area contributed by atoms with Crippen LogP contribution in [0.1, 0.15) is 40.4 Å². The van der Waals surface area contributed by atoms with Crippen molar-refractivity contribution in [2.24, 2.45) is 0 Å². The number of Topliss-reactive ketones (excluding diaryl/α,β-unsaturated/α-hetero) is 1. The van der Waals surface area contributed by atoms with Gasteiger partial charge in [0.25, 0.3) is 0 Å². The van der Waals surface area contributed by atoms with E-state index in [9.17, 15) is 9.59 Å². The smallest absolute Gasteiger partial charge is 0.223 e. The highest BCUT2D eigenvalue weighted by Gasteiger charge is 2.23. The number of ketones is 1. The summed E-state index contributed by atoms with van der Waals surface area (Å²) in [7, 11) is 4.85. The first-order valence-electron chi connectivity index (χ1n) is 9.36. The van der Waals surface area contributed by atoms with Crippen molar-refractivity contribution in [1.29, 1.82) is 0 Å². The van der Waals surface area contributed by atoms with E-state index in [-0.39, 0.29) is 11.7 Å². The quantitative estimate of drug-likeness (QED) is 0.647. The third-order valence-electron chi connectivity index (χ3n) is 5.22. The molecule has 0 saturated heterocycles. The number of hydrogen-bond donors (Lipinski definition) is 0. The number of carbonyl (C=O) groups is 2. The SMILES string of the molecule is COc1ccc(CCC(=O)N(C)C(C)C(=O)c2ccc(C)c(C)c2)cc1OC. The lowest BCUT2D eigenvalue weighted by atomic mass is 9.99. The Morgan fingerprint density at radius 3 is 2.25 bits per heavy atom. The van der Waals surface area contributed by atoms with Crippen LogP contribution in [0.4, 0.5) is 0 Å². The molecule has 0 fully saturated rings. The Bertz CT molecular complexity index is 860. The van der Waals surface area contributed by atoms with Crippen molar-refractivity contribution in [2.75, 3.05) is 21.3 Å². The van der Waals surface area contributed by atoms with Crippen LogP contribution >= 0.6 is 0 Å². The number of benzene rings is 2. The summed E-state index contributed by atoms with van der Waals surface area (Å²) in [6.45, 7) is 5.76. The van der Waals surface area contributed by atoms with E-state index in [1.165, 1.54) is 4.90 Å². The number of rotatable bonds is 8. The predicted molar refractivity (Wildman–Crippen MR) is 110 cm³/mol. The van der Waals surface area contributed by atoms with Crippen molar-refractivity contribution in [3.05, 3.63) is 58.7 Å². The second kappa shape index (κ2) is 9.40. The Morgan fingerprint density at radius 1 is 0.964 bits per heavy atom. The minimum absolute atomic E-state index is 0.0509. The van der Waals surface area contributed by atoms with Crippen LogP contribution in [0.25, 0.3) is 0 Å². The molecular weight excluding hydrogens is 354 g/mol. The molecule has 0 aliphatic rings. The fourth-order valence-electron chi connectivity index (χ4n) is 2.99. The minimum atomic E-state index is -0.514. The molecule has 28 heavy (non-hydrogen) atoms. The van der Waals surface area contributed by atoms with Gasteiger partial charge >= 0.3 is 0 Å². The molecule has 2 rings (SSSR count). The van der Waals surface area contributed by atoms with Gasteiger partial charge in [-0.2, -0.15) is 0 Å². The minimum Gasteiger partial charge on any atom is -0.493 e. The lowest BCUT2D eigenvalue weighted by molar-refractivity contribution is -0.130. The standard InChI is InChI=1S/C23H29NO4/c1-15-7-10-19(13-16(15)2)23(26)17(3)24(4)22(25)12-9-18-8-11-20(27-5)21(14-18)28-6/h7-8,10-11,13-14,17H,9,12H2,1-6H3. The number of aryl methyl sites for hydroxylation is 3. The first-order chi connectivity index (χ1) is 13.3. The maximum Gasteiger partial charge on any atom is 0.223 e. The number of ether oxygens (including phenoxy) is 2. The highest BCUT2D eigenvalue weighted by Crippen LogP contribution is 2.28. The third-order valence-corrected chi connectivity index (χ3v) is 5.22. The Hall–Kier alpha value is -2.82. The average Bonchev–Trinajstić information content (AvgIpc) is 2.71. The van der Waals surface area contributed by atoms with Crippen LogP contribution in [0.5, 0.6) is 11.5 Å². The van der Waals surface area contributed by atoms with Crippen molar-refractivity contribution < 1.29 is 19.1 Å². The number of likely N-dealkylation sites (N-methyl/N-ethyl adjacent to an activating group) is 1. The highest BCUT2D eigenvalue weighted by molar-refractivity contribution is 6.01. The van der Waals surface area contributed by atoms with E-state index in [4.69, 9.17) is 9.47 Å². The molecule has 0 aromatic heterocycles. The topological polar surface area (TPSA) is 55.8 Å². The van der Waals surface area contributed by atoms with Gasteiger partial charge in [0.1, 0.15) is 0 Å². The Labute approximate surface area is 167 Å². The number of hydrogen-bond acceptors (Lipinski definition) is 4. The summed E-state index contributed by atoms with van der Waals surface area (Å²) in [5.41, 5.74) is 3.83. The van der Waals surface area contributed by atoms with E-state index in [0.29, 0.717) is 29.9 Å². The summed E-state index contributed by atoms with van der Waals surface area (Å²) >= 11 is 0. The summed E-state index contributed by atoms with van der Waals surface area (Å²) < 4.78 is 10.5. The van der Waals surface area contributed by atoms with Crippen LogP contribution < -0.4 is 9.47 Å². The zero-order valence-electron chi connectivity index (χ0n) is 17.5. The van der Waals surface area contributed by atoms with Crippen molar-refractivity contribution in [1.82, 2.24) is 4.90 Å². The van der Waals surface area contributed by atoms with E-state index in [0.717, 1.165) is 16.7 Å². The van der Waals surface area contributed by atoms with Crippen molar-refractivity contribution in [2.45, 2.75) is 39.7 Å². The number of carbonyl (C=O) groups excluding carboxylic acids is 2. The summed E-state index contributed by atoms with van der Waals surface area (Å²) in [4.78, 5) is 26.9. The van der Waals surface area contributed by atoms with Gasteiger partial charge in [-0.15, -0.1) is 0 Å². The summed E-state index contributed by atoms with van der Waals surface area (Å²) in [6, 6.07) is 10.7. The summed E-state index contributed by atoms with van der Waals surface area (Å²) in [5.74, 6) is 1.17. The van der Waals surface area contributed by atoms with Crippen molar-refractivity contribution in [3.8, 4) is 11.5 Å². The average molecular weight is 383 g/mol. The maximum atomic E-state index is 12.8. The lowest BCUT2D eigenvalue weighted by Gasteiger charge is -2.24. The Morgan fingerprint density at radius 2 is 1.64 bits per heavy atom. The molecule has 150 valence electrons. The first kappa shape index (κ1) is 21.5. The molecule has 0 spiro atoms. The molecule has 0 aliphatic carbocycles. The van der Waals surface area contributed by atoms with Crippen LogP contribution in [0, 0.1) is 13.8 Å². The fourth-order valence-corrected chi connectivity index (χ4v) is 2.99. The van der Waals surface area contributed by atoms with Crippen LogP contribution in [0.2, 0.25) is 0 Å². The molecule has 5 nitrogen and oxygen atoms in total. The molecule has 0 aliphatic heterocycles. The zero-order chi connectivity index (χ0) is 20.8. The Kier molecular flexibility index (Phi) is 7.21. The molecule has 1 unspecified atom stereocenters. The predicted octanol–water partition coefficient (Wildman–Crippen LogP) is 3.98. The van der Waals surface area contributed by atoms with Crippen LogP contribution in [0.3, 0.4) is 0 Å². The molecule has 5 heteroatoms. The first-order valence-corrected chi connectivity index (χ1v) is 9.36. The molecular formula is C23H29NO4. The van der Waals surface area contributed by atoms with Crippen LogP contribution in [0.15, 0.2) is 36.4 Å². The fraction of sp³-hybridized carbons (Fsp3) is 0.391. The van der Waals surface area contributed by atoms with Gasteiger partial charge in [-0.05, 0) is 62.1 Å². The van der Waals surface area contributed by atoms with Gasteiger partial charge in [-0.25, -0.2) is 0 Å². The van der Waals surface area contributed by atoms with Gasteiger partial charge < -0.3 is 14.4 Å². The van der Waals surface area contributed by atoms with E-state index < -0.39 is 6.04 Å². The van der Waals surface area contributed by atoms with E-state index in [2.05, 4.69) is 0 Å². The molecule has 0 radical (unpaired) electrons. The second-order valence-corrected chi connectivity index (χ2v) is 7.03. The van der Waals surface area contributed by atoms with E-state index >= 15 is 0 Å². The molecule has 0 N–H and O–H groups in total. The number of nitrogens with zero attached hydrogens (tertiary/aromatic N) is 1. The summed E-state index contributed by atoms with van der Waals surface area (Å²) in [6.07, 6.45) is 0.880. The van der Waals surface area contributed by atoms with Gasteiger partial charge in [-0.1, -0.05) is 18.2 Å². The van der Waals surface area contributed by atoms with Gasteiger partial charge in [0, 0.05) is 19.0 Å². The monoisotopic (exact) mass is 383 g/mol. The van der Waals surface area contributed by atoms with Gasteiger partial charge in [-0.3, -0.25) is 9.59 Å². The lowest BCUT2D eigenvalue weighted by Crippen LogP contribution is -2.40. The van der Waals surface area contributed by atoms with Crippen LogP contribution in [-0.2, 0) is 11.2 Å². The molecule has 2 aromatic rings. The molecule has 0 bridgehead atoms. The molecule has 2 aromatic carbocycles. The summed E-state index contributed by atoms with van der Waals surface area (Å²) in [5, 5.41) is 0. The van der Waals surface area contributed by atoms with E-state index in [1.807, 2.05) is 50.2 Å². The second-order valence-electron chi connectivity index (χ2n) is 7.03. The largest absolute Gasteiger partial charge is 0.493 e. The normalized spacial score (nSPS) is 11.6. The Balaban J connectivity index is 2.01. The van der Waals surface area contributed by atoms with E-state index in [1.54, 1.807) is 28.2 Å². The van der Waals surface area contributed by atoms with Crippen molar-refractivity contribution in [3.63, 3.8) is 0 Å².